The van der Waals surface area contributed by atoms with E-state index in [2.05, 4.69) is 40.0 Å². The Morgan fingerprint density at radius 1 is 1.33 bits per heavy atom. The summed E-state index contributed by atoms with van der Waals surface area (Å²) in [5.74, 6) is 0.866. The first-order valence-electron chi connectivity index (χ1n) is 6.82. The highest BCUT2D eigenvalue weighted by Crippen LogP contribution is 2.25. The molecule has 1 saturated carbocycles. The Morgan fingerprint density at radius 2 is 2.06 bits per heavy atom. The minimum Gasteiger partial charge on any atom is -0.328 e. The molecule has 0 bridgehead atoms. The summed E-state index contributed by atoms with van der Waals surface area (Å²) >= 11 is 5.37. The van der Waals surface area contributed by atoms with Crippen molar-refractivity contribution in [2.24, 2.45) is 11.7 Å². The van der Waals surface area contributed by atoms with Gasteiger partial charge < -0.3 is 10.6 Å². The SMILES string of the molecule is CN(CCc1ccc(Br)s1)CC1CCC(N)CC1. The van der Waals surface area contributed by atoms with Crippen LogP contribution in [0.15, 0.2) is 15.9 Å². The van der Waals surface area contributed by atoms with Crippen molar-refractivity contribution in [3.05, 3.63) is 20.8 Å². The molecule has 0 atom stereocenters. The third-order valence-electron chi connectivity index (χ3n) is 3.83. The molecule has 0 unspecified atom stereocenters. The highest BCUT2D eigenvalue weighted by atomic mass is 79.9. The molecule has 0 radical (unpaired) electrons. The maximum atomic E-state index is 5.95. The lowest BCUT2D eigenvalue weighted by Crippen LogP contribution is -2.33. The molecule has 2 N–H and O–H groups in total. The molecular formula is C14H23BrN2S. The zero-order chi connectivity index (χ0) is 13.0. The minimum atomic E-state index is 0.468. The molecule has 1 heterocycles. The molecule has 0 aliphatic heterocycles. The van der Waals surface area contributed by atoms with E-state index in [1.165, 1.54) is 47.3 Å². The van der Waals surface area contributed by atoms with Gasteiger partial charge in [-0.25, -0.2) is 0 Å². The molecule has 1 fully saturated rings. The molecular weight excluding hydrogens is 308 g/mol. The lowest BCUT2D eigenvalue weighted by atomic mass is 9.86. The Bertz CT molecular complexity index is 358. The smallest absolute Gasteiger partial charge is 0.0701 e. The summed E-state index contributed by atoms with van der Waals surface area (Å²) in [7, 11) is 2.25. The average molecular weight is 331 g/mol. The van der Waals surface area contributed by atoms with Gasteiger partial charge in [-0.15, -0.1) is 11.3 Å². The fourth-order valence-electron chi connectivity index (χ4n) is 2.69. The summed E-state index contributed by atoms with van der Waals surface area (Å²) in [6, 6.07) is 4.83. The topological polar surface area (TPSA) is 29.3 Å². The van der Waals surface area contributed by atoms with E-state index < -0.39 is 0 Å². The zero-order valence-electron chi connectivity index (χ0n) is 11.1. The van der Waals surface area contributed by atoms with Crippen LogP contribution in [0.1, 0.15) is 30.6 Å². The van der Waals surface area contributed by atoms with Gasteiger partial charge in [0.15, 0.2) is 0 Å². The van der Waals surface area contributed by atoms with Crippen molar-refractivity contribution in [2.45, 2.75) is 38.1 Å². The van der Waals surface area contributed by atoms with E-state index in [1.807, 2.05) is 11.3 Å². The lowest BCUT2D eigenvalue weighted by molar-refractivity contribution is 0.226. The second-order valence-electron chi connectivity index (χ2n) is 5.50. The molecule has 0 aromatic carbocycles. The van der Waals surface area contributed by atoms with Crippen molar-refractivity contribution in [2.75, 3.05) is 20.1 Å². The standard InChI is InChI=1S/C14H23BrN2S/c1-17(9-8-13-6-7-14(15)18-13)10-11-2-4-12(16)5-3-11/h6-7,11-12H,2-5,8-10,16H2,1H3. The number of thiophene rings is 1. The number of rotatable bonds is 5. The number of nitrogens with two attached hydrogens (primary N) is 1. The van der Waals surface area contributed by atoms with Gasteiger partial charge in [-0.1, -0.05) is 0 Å². The molecule has 0 amide bonds. The van der Waals surface area contributed by atoms with Gasteiger partial charge in [-0.2, -0.15) is 0 Å². The molecule has 2 rings (SSSR count). The fraction of sp³-hybridized carbons (Fsp3) is 0.714. The number of halogens is 1. The summed E-state index contributed by atoms with van der Waals surface area (Å²) in [4.78, 5) is 3.95. The second-order valence-corrected chi connectivity index (χ2v) is 8.05. The van der Waals surface area contributed by atoms with Crippen LogP contribution >= 0.6 is 27.3 Å². The van der Waals surface area contributed by atoms with Crippen LogP contribution in [0.25, 0.3) is 0 Å². The molecule has 1 aromatic heterocycles. The van der Waals surface area contributed by atoms with E-state index in [0.29, 0.717) is 6.04 Å². The van der Waals surface area contributed by atoms with Gasteiger partial charge in [0.05, 0.1) is 3.79 Å². The third-order valence-corrected chi connectivity index (χ3v) is 5.51. The normalized spacial score (nSPS) is 24.7. The second kappa shape index (κ2) is 7.04. The van der Waals surface area contributed by atoms with E-state index in [0.717, 1.165) is 12.5 Å². The highest BCUT2D eigenvalue weighted by Gasteiger charge is 2.19. The van der Waals surface area contributed by atoms with Gasteiger partial charge in [0.1, 0.15) is 0 Å². The molecule has 4 heteroatoms. The van der Waals surface area contributed by atoms with Gasteiger partial charge in [-0.3, -0.25) is 0 Å². The van der Waals surface area contributed by atoms with E-state index in [4.69, 9.17) is 5.73 Å². The Balaban J connectivity index is 1.67. The van der Waals surface area contributed by atoms with Crippen molar-refractivity contribution in [3.8, 4) is 0 Å². The van der Waals surface area contributed by atoms with Crippen LogP contribution in [0.4, 0.5) is 0 Å². The van der Waals surface area contributed by atoms with Gasteiger partial charge in [0, 0.05) is 24.0 Å². The monoisotopic (exact) mass is 330 g/mol. The predicted octanol–water partition coefficient (Wildman–Crippen LogP) is 3.50. The molecule has 1 aromatic rings. The Kier molecular flexibility index (Phi) is 5.67. The van der Waals surface area contributed by atoms with Crippen molar-refractivity contribution >= 4 is 27.3 Å². The summed E-state index contributed by atoms with van der Waals surface area (Å²) in [5.41, 5.74) is 5.95. The molecule has 18 heavy (non-hydrogen) atoms. The molecule has 1 aliphatic rings. The van der Waals surface area contributed by atoms with Crippen molar-refractivity contribution in [1.82, 2.24) is 4.90 Å². The van der Waals surface area contributed by atoms with Crippen LogP contribution in [-0.2, 0) is 6.42 Å². The van der Waals surface area contributed by atoms with Gasteiger partial charge in [0.25, 0.3) is 0 Å². The lowest BCUT2D eigenvalue weighted by Gasteiger charge is -2.29. The van der Waals surface area contributed by atoms with E-state index in [9.17, 15) is 0 Å². The van der Waals surface area contributed by atoms with Crippen LogP contribution in [0, 0.1) is 5.92 Å². The van der Waals surface area contributed by atoms with E-state index in [-0.39, 0.29) is 0 Å². The minimum absolute atomic E-state index is 0.468. The van der Waals surface area contributed by atoms with Gasteiger partial charge in [-0.05, 0) is 73.1 Å². The number of likely N-dealkylation sites (N-methyl/N-ethyl adjacent to an activating group) is 1. The zero-order valence-corrected chi connectivity index (χ0v) is 13.5. The Morgan fingerprint density at radius 3 is 2.67 bits per heavy atom. The Labute approximate surface area is 123 Å². The number of hydrogen-bond donors (Lipinski definition) is 1. The first-order chi connectivity index (χ1) is 8.63. The van der Waals surface area contributed by atoms with E-state index >= 15 is 0 Å². The maximum Gasteiger partial charge on any atom is 0.0701 e. The van der Waals surface area contributed by atoms with Crippen LogP contribution in [-0.4, -0.2) is 31.1 Å². The summed E-state index contributed by atoms with van der Waals surface area (Å²) in [6.07, 6.45) is 6.23. The fourth-order valence-corrected chi connectivity index (χ4v) is 4.16. The number of hydrogen-bond acceptors (Lipinski definition) is 3. The van der Waals surface area contributed by atoms with Crippen molar-refractivity contribution in [1.29, 1.82) is 0 Å². The van der Waals surface area contributed by atoms with Gasteiger partial charge >= 0.3 is 0 Å². The maximum absolute atomic E-state index is 5.95. The quantitative estimate of drug-likeness (QED) is 0.895. The summed E-state index contributed by atoms with van der Waals surface area (Å²) in [5, 5.41) is 0. The summed E-state index contributed by atoms with van der Waals surface area (Å²) < 4.78 is 1.24. The molecule has 0 saturated heterocycles. The van der Waals surface area contributed by atoms with Crippen LogP contribution in [0.2, 0.25) is 0 Å². The largest absolute Gasteiger partial charge is 0.328 e. The first-order valence-corrected chi connectivity index (χ1v) is 8.43. The first kappa shape index (κ1) is 14.5. The van der Waals surface area contributed by atoms with E-state index in [1.54, 1.807) is 0 Å². The molecule has 102 valence electrons. The third kappa shape index (κ3) is 4.65. The molecule has 2 nitrogen and oxygen atoms in total. The number of nitrogens with zero attached hydrogens (tertiary/aromatic N) is 1. The van der Waals surface area contributed by atoms with Crippen LogP contribution in [0.3, 0.4) is 0 Å². The van der Waals surface area contributed by atoms with Crippen molar-refractivity contribution in [3.63, 3.8) is 0 Å². The van der Waals surface area contributed by atoms with Crippen LogP contribution < -0.4 is 5.73 Å². The Hall–Kier alpha value is 0.1000. The molecule has 1 aliphatic carbocycles. The predicted molar refractivity (Wildman–Crippen MR) is 83.2 cm³/mol. The van der Waals surface area contributed by atoms with Gasteiger partial charge in [0.2, 0.25) is 0 Å². The van der Waals surface area contributed by atoms with Crippen LogP contribution in [0.5, 0.6) is 0 Å². The highest BCUT2D eigenvalue weighted by molar-refractivity contribution is 9.11. The summed E-state index contributed by atoms with van der Waals surface area (Å²) in [6.45, 7) is 2.40. The molecule has 0 spiro atoms. The average Bonchev–Trinajstić information content (AvgIpc) is 2.76. The van der Waals surface area contributed by atoms with Crippen molar-refractivity contribution < 1.29 is 0 Å².